The van der Waals surface area contributed by atoms with Gasteiger partial charge in [-0.2, -0.15) is 0 Å². The summed E-state index contributed by atoms with van der Waals surface area (Å²) in [6, 6.07) is 4.51. The second kappa shape index (κ2) is 8.94. The van der Waals surface area contributed by atoms with E-state index in [0.717, 1.165) is 24.0 Å². The summed E-state index contributed by atoms with van der Waals surface area (Å²) in [4.78, 5) is 45.4. The molecule has 0 aliphatic heterocycles. The van der Waals surface area contributed by atoms with Crippen molar-refractivity contribution in [2.45, 2.75) is 13.8 Å². The zero-order valence-electron chi connectivity index (χ0n) is 16.6. The van der Waals surface area contributed by atoms with Crippen LogP contribution < -0.4 is 10.6 Å². The molecule has 31 heavy (non-hydrogen) atoms. The van der Waals surface area contributed by atoms with Gasteiger partial charge in [-0.05, 0) is 13.8 Å². The number of benzene rings is 1. The number of hydrogen-bond acceptors (Lipinski definition) is 9. The van der Waals surface area contributed by atoms with Gasteiger partial charge in [0.15, 0.2) is 0 Å². The standard InChI is InChI=1S/C18H18N8O5/c1-11-22-16(10-17(23-11)24-6-5-19-12(24)2)20-3-4-21-18(27)13-7-14(25(28)29)9-15(8-13)26(30)31/h5-10H,3-4H2,1-2H3,(H,21,27)(H,20,22,23). The number of carbonyl (C=O) groups is 1. The topological polar surface area (TPSA) is 171 Å². The highest BCUT2D eigenvalue weighted by atomic mass is 16.6. The Labute approximate surface area is 175 Å². The van der Waals surface area contributed by atoms with Gasteiger partial charge in [-0.3, -0.25) is 29.6 Å². The van der Waals surface area contributed by atoms with E-state index in [1.165, 1.54) is 0 Å². The van der Waals surface area contributed by atoms with Crippen molar-refractivity contribution < 1.29 is 14.6 Å². The van der Waals surface area contributed by atoms with Gasteiger partial charge in [0, 0.05) is 43.7 Å². The lowest BCUT2D eigenvalue weighted by atomic mass is 10.1. The minimum Gasteiger partial charge on any atom is -0.368 e. The number of amides is 1. The van der Waals surface area contributed by atoms with Crippen molar-refractivity contribution in [3.05, 3.63) is 74.1 Å². The van der Waals surface area contributed by atoms with Gasteiger partial charge >= 0.3 is 0 Å². The number of nitro groups is 2. The van der Waals surface area contributed by atoms with E-state index in [0.29, 0.717) is 24.0 Å². The third-order valence-corrected chi connectivity index (χ3v) is 4.20. The molecule has 0 saturated heterocycles. The zero-order valence-corrected chi connectivity index (χ0v) is 16.6. The average molecular weight is 426 g/mol. The molecular formula is C18H18N8O5. The van der Waals surface area contributed by atoms with E-state index in [9.17, 15) is 25.0 Å². The maximum Gasteiger partial charge on any atom is 0.277 e. The highest BCUT2D eigenvalue weighted by Crippen LogP contribution is 2.22. The van der Waals surface area contributed by atoms with Crippen LogP contribution in [-0.2, 0) is 0 Å². The van der Waals surface area contributed by atoms with E-state index in [-0.39, 0.29) is 12.1 Å². The maximum atomic E-state index is 12.3. The monoisotopic (exact) mass is 426 g/mol. The Kier molecular flexibility index (Phi) is 6.14. The molecule has 3 aromatic rings. The molecule has 1 amide bonds. The summed E-state index contributed by atoms with van der Waals surface area (Å²) < 4.78 is 1.80. The first kappa shape index (κ1) is 21.3. The summed E-state index contributed by atoms with van der Waals surface area (Å²) in [6.45, 7) is 4.04. The quantitative estimate of drug-likeness (QED) is 0.310. The fourth-order valence-electron chi connectivity index (χ4n) is 2.79. The number of hydrogen-bond donors (Lipinski definition) is 2. The highest BCUT2D eigenvalue weighted by molar-refractivity contribution is 5.95. The first-order chi connectivity index (χ1) is 14.7. The van der Waals surface area contributed by atoms with E-state index in [2.05, 4.69) is 25.6 Å². The van der Waals surface area contributed by atoms with Gasteiger partial charge in [0.25, 0.3) is 17.3 Å². The van der Waals surface area contributed by atoms with Crippen LogP contribution in [0.5, 0.6) is 0 Å². The summed E-state index contributed by atoms with van der Waals surface area (Å²) >= 11 is 0. The Morgan fingerprint density at radius 3 is 2.29 bits per heavy atom. The third-order valence-electron chi connectivity index (χ3n) is 4.20. The molecule has 13 nitrogen and oxygen atoms in total. The van der Waals surface area contributed by atoms with E-state index in [4.69, 9.17) is 0 Å². The molecule has 2 N–H and O–H groups in total. The van der Waals surface area contributed by atoms with Crippen molar-refractivity contribution in [3.63, 3.8) is 0 Å². The fraction of sp³-hybridized carbons (Fsp3) is 0.222. The van der Waals surface area contributed by atoms with Crippen LogP contribution in [0.25, 0.3) is 5.82 Å². The minimum atomic E-state index is -0.789. The SMILES string of the molecule is Cc1nc(NCCNC(=O)c2cc([N+](=O)[O-])cc([N+](=O)[O-])c2)cc(-n2ccnc2C)n1. The Hall–Kier alpha value is -4.42. The van der Waals surface area contributed by atoms with E-state index < -0.39 is 27.1 Å². The molecule has 0 spiro atoms. The number of nitrogens with zero attached hydrogens (tertiary/aromatic N) is 6. The minimum absolute atomic E-state index is 0.151. The predicted molar refractivity (Wildman–Crippen MR) is 109 cm³/mol. The Morgan fingerprint density at radius 1 is 1.03 bits per heavy atom. The summed E-state index contributed by atoms with van der Waals surface area (Å²) in [5.74, 6) is 1.82. The van der Waals surface area contributed by atoms with Gasteiger partial charge in [-0.15, -0.1) is 0 Å². The Balaban J connectivity index is 1.63. The highest BCUT2D eigenvalue weighted by Gasteiger charge is 2.19. The molecule has 3 rings (SSSR count). The number of rotatable bonds is 8. The molecule has 0 saturated carbocycles. The van der Waals surface area contributed by atoms with Crippen molar-refractivity contribution in [3.8, 4) is 5.82 Å². The third kappa shape index (κ3) is 5.14. The lowest BCUT2D eigenvalue weighted by Gasteiger charge is -2.10. The maximum absolute atomic E-state index is 12.3. The van der Waals surface area contributed by atoms with Crippen LogP contribution in [0.2, 0.25) is 0 Å². The van der Waals surface area contributed by atoms with Crippen LogP contribution in [-0.4, -0.2) is 48.4 Å². The lowest BCUT2D eigenvalue weighted by molar-refractivity contribution is -0.394. The van der Waals surface area contributed by atoms with E-state index in [1.54, 1.807) is 30.0 Å². The summed E-state index contributed by atoms with van der Waals surface area (Å²) in [5.41, 5.74) is -1.23. The molecule has 0 aliphatic rings. The molecule has 0 bridgehead atoms. The number of nitrogens with one attached hydrogen (secondary N) is 2. The van der Waals surface area contributed by atoms with Crippen LogP contribution in [0.15, 0.2) is 36.7 Å². The van der Waals surface area contributed by atoms with Crippen LogP contribution in [0.4, 0.5) is 17.2 Å². The van der Waals surface area contributed by atoms with Gasteiger partial charge in [0.2, 0.25) is 0 Å². The zero-order chi connectivity index (χ0) is 22.5. The molecule has 160 valence electrons. The number of aromatic nitrogens is 4. The van der Waals surface area contributed by atoms with Gasteiger partial charge in [-0.1, -0.05) is 0 Å². The first-order valence-electron chi connectivity index (χ1n) is 9.06. The molecule has 0 unspecified atom stereocenters. The molecule has 0 radical (unpaired) electrons. The van der Waals surface area contributed by atoms with Crippen LogP contribution in [0, 0.1) is 34.1 Å². The number of anilines is 1. The molecular weight excluding hydrogens is 408 g/mol. The predicted octanol–water partition coefficient (Wildman–Crippen LogP) is 1.94. The van der Waals surface area contributed by atoms with E-state index >= 15 is 0 Å². The second-order valence-electron chi connectivity index (χ2n) is 6.44. The van der Waals surface area contributed by atoms with Gasteiger partial charge in [0.05, 0.1) is 21.5 Å². The Bertz CT molecular complexity index is 1130. The molecule has 13 heteroatoms. The number of aryl methyl sites for hydroxylation is 2. The van der Waals surface area contributed by atoms with Gasteiger partial charge in [-0.25, -0.2) is 15.0 Å². The molecule has 0 aliphatic carbocycles. The smallest absolute Gasteiger partial charge is 0.277 e. The number of nitro benzene ring substituents is 2. The van der Waals surface area contributed by atoms with Crippen LogP contribution in [0.3, 0.4) is 0 Å². The largest absolute Gasteiger partial charge is 0.368 e. The van der Waals surface area contributed by atoms with Crippen molar-refractivity contribution in [2.24, 2.45) is 0 Å². The lowest BCUT2D eigenvalue weighted by Crippen LogP contribution is -2.29. The summed E-state index contributed by atoms with van der Waals surface area (Å²) in [5, 5.41) is 27.5. The summed E-state index contributed by atoms with van der Waals surface area (Å²) in [6.07, 6.45) is 3.44. The van der Waals surface area contributed by atoms with Gasteiger partial charge in [0.1, 0.15) is 23.3 Å². The fourth-order valence-corrected chi connectivity index (χ4v) is 2.79. The summed E-state index contributed by atoms with van der Waals surface area (Å²) in [7, 11) is 0. The number of imidazole rings is 1. The molecule has 1 aromatic carbocycles. The van der Waals surface area contributed by atoms with Crippen LogP contribution >= 0.6 is 0 Å². The second-order valence-corrected chi connectivity index (χ2v) is 6.44. The van der Waals surface area contributed by atoms with Crippen molar-refractivity contribution in [1.29, 1.82) is 0 Å². The normalized spacial score (nSPS) is 10.5. The average Bonchev–Trinajstić information content (AvgIpc) is 3.16. The molecule has 0 atom stereocenters. The van der Waals surface area contributed by atoms with Crippen molar-refractivity contribution in [2.75, 3.05) is 18.4 Å². The molecule has 2 aromatic heterocycles. The first-order valence-corrected chi connectivity index (χ1v) is 9.06. The van der Waals surface area contributed by atoms with Crippen molar-refractivity contribution >= 4 is 23.1 Å². The van der Waals surface area contributed by atoms with Crippen molar-refractivity contribution in [1.82, 2.24) is 24.8 Å². The number of non-ortho nitro benzene ring substituents is 2. The van der Waals surface area contributed by atoms with Crippen LogP contribution in [0.1, 0.15) is 22.0 Å². The number of carbonyl (C=O) groups excluding carboxylic acids is 1. The Morgan fingerprint density at radius 2 is 1.71 bits per heavy atom. The van der Waals surface area contributed by atoms with Gasteiger partial charge < -0.3 is 10.6 Å². The molecule has 0 fully saturated rings. The molecule has 2 heterocycles. The van der Waals surface area contributed by atoms with E-state index in [1.807, 2.05) is 6.92 Å².